The molecule has 5 rings (SSSR count). The minimum Gasteiger partial charge on any atom is -0.486 e. The molecule has 0 unspecified atom stereocenters. The summed E-state index contributed by atoms with van der Waals surface area (Å²) in [4.78, 5) is 13.5. The Morgan fingerprint density at radius 3 is 2.62 bits per heavy atom. The third kappa shape index (κ3) is 3.26. The molecule has 0 aromatic heterocycles. The number of hydrogen-bond acceptors (Lipinski definition) is 5. The molecule has 1 fully saturated rings. The van der Waals surface area contributed by atoms with E-state index in [1.54, 1.807) is 0 Å². The first-order chi connectivity index (χ1) is 14.3. The van der Waals surface area contributed by atoms with Gasteiger partial charge in [-0.05, 0) is 36.6 Å². The van der Waals surface area contributed by atoms with Gasteiger partial charge < -0.3 is 24.3 Å². The SMILES string of the molecule is O=C(NCc1cccc2c1OCCO2)C1(c2ccc3c(c2)OCO3)CCCCC1. The van der Waals surface area contributed by atoms with Gasteiger partial charge in [0.2, 0.25) is 12.7 Å². The zero-order valence-electron chi connectivity index (χ0n) is 16.4. The fourth-order valence-corrected chi connectivity index (χ4v) is 4.61. The van der Waals surface area contributed by atoms with Crippen molar-refractivity contribution in [2.24, 2.45) is 0 Å². The van der Waals surface area contributed by atoms with Gasteiger partial charge in [-0.1, -0.05) is 37.5 Å². The number of carbonyl (C=O) groups is 1. The van der Waals surface area contributed by atoms with E-state index in [2.05, 4.69) is 5.32 Å². The van der Waals surface area contributed by atoms with E-state index in [0.717, 1.165) is 66.2 Å². The number of fused-ring (bicyclic) bond motifs is 2. The Hall–Kier alpha value is -2.89. The van der Waals surface area contributed by atoms with Gasteiger partial charge in [0.1, 0.15) is 13.2 Å². The van der Waals surface area contributed by atoms with Gasteiger partial charge in [0.25, 0.3) is 0 Å². The average Bonchev–Trinajstić information content (AvgIpc) is 3.26. The molecule has 2 aromatic rings. The molecule has 1 aliphatic carbocycles. The lowest BCUT2D eigenvalue weighted by atomic mass is 9.68. The number of carbonyl (C=O) groups excluding carboxylic acids is 1. The molecule has 6 nitrogen and oxygen atoms in total. The Kier molecular flexibility index (Phi) is 4.70. The van der Waals surface area contributed by atoms with Crippen molar-refractivity contribution in [3.8, 4) is 23.0 Å². The number of rotatable bonds is 4. The van der Waals surface area contributed by atoms with Crippen molar-refractivity contribution in [2.45, 2.75) is 44.1 Å². The van der Waals surface area contributed by atoms with E-state index in [1.165, 1.54) is 0 Å². The van der Waals surface area contributed by atoms with Crippen molar-refractivity contribution in [1.29, 1.82) is 0 Å². The maximum Gasteiger partial charge on any atom is 0.231 e. The van der Waals surface area contributed by atoms with Crippen LogP contribution in [-0.4, -0.2) is 25.9 Å². The maximum absolute atomic E-state index is 13.5. The topological polar surface area (TPSA) is 66.0 Å². The van der Waals surface area contributed by atoms with Crippen molar-refractivity contribution in [1.82, 2.24) is 5.32 Å². The predicted octanol–water partition coefficient (Wildman–Crippen LogP) is 3.70. The van der Waals surface area contributed by atoms with Gasteiger partial charge in [-0.15, -0.1) is 0 Å². The highest BCUT2D eigenvalue weighted by Gasteiger charge is 2.41. The Labute approximate surface area is 170 Å². The van der Waals surface area contributed by atoms with E-state index in [0.29, 0.717) is 19.8 Å². The van der Waals surface area contributed by atoms with Gasteiger partial charge in [-0.25, -0.2) is 0 Å². The molecule has 0 saturated heterocycles. The van der Waals surface area contributed by atoms with Crippen molar-refractivity contribution in [2.75, 3.05) is 20.0 Å². The number of amides is 1. The van der Waals surface area contributed by atoms with E-state index in [1.807, 2.05) is 36.4 Å². The molecule has 0 atom stereocenters. The summed E-state index contributed by atoms with van der Waals surface area (Å²) in [7, 11) is 0. The normalized spacial score (nSPS) is 18.9. The first-order valence-electron chi connectivity index (χ1n) is 10.3. The van der Waals surface area contributed by atoms with Crippen LogP contribution in [0.5, 0.6) is 23.0 Å². The number of hydrogen-bond donors (Lipinski definition) is 1. The van der Waals surface area contributed by atoms with E-state index >= 15 is 0 Å². The molecule has 1 saturated carbocycles. The van der Waals surface area contributed by atoms with Gasteiger partial charge in [0.05, 0.1) is 5.41 Å². The highest BCUT2D eigenvalue weighted by molar-refractivity contribution is 5.88. The van der Waals surface area contributed by atoms with Gasteiger partial charge in [-0.3, -0.25) is 4.79 Å². The third-order valence-corrected chi connectivity index (χ3v) is 6.15. The third-order valence-electron chi connectivity index (χ3n) is 6.15. The molecule has 29 heavy (non-hydrogen) atoms. The van der Waals surface area contributed by atoms with E-state index < -0.39 is 5.41 Å². The lowest BCUT2D eigenvalue weighted by molar-refractivity contribution is -0.128. The standard InChI is InChI=1S/C23H25NO5/c25-22(24-14-16-5-4-6-19-21(16)27-12-11-26-19)23(9-2-1-3-10-23)17-7-8-18-20(13-17)29-15-28-18/h4-8,13H,1-3,9-12,14-15H2,(H,24,25). The minimum atomic E-state index is -0.536. The lowest BCUT2D eigenvalue weighted by Crippen LogP contribution is -2.45. The van der Waals surface area contributed by atoms with Crippen LogP contribution in [0.4, 0.5) is 0 Å². The second-order valence-corrected chi connectivity index (χ2v) is 7.83. The molecule has 0 bridgehead atoms. The summed E-state index contributed by atoms with van der Waals surface area (Å²) in [6, 6.07) is 11.7. The summed E-state index contributed by atoms with van der Waals surface area (Å²) in [5.74, 6) is 3.01. The smallest absolute Gasteiger partial charge is 0.231 e. The summed E-state index contributed by atoms with van der Waals surface area (Å²) in [5.41, 5.74) is 1.41. The zero-order chi connectivity index (χ0) is 19.7. The molecule has 2 aliphatic heterocycles. The maximum atomic E-state index is 13.5. The van der Waals surface area contributed by atoms with Crippen molar-refractivity contribution >= 4 is 5.91 Å². The van der Waals surface area contributed by atoms with Crippen LogP contribution in [0, 0.1) is 0 Å². The fourth-order valence-electron chi connectivity index (χ4n) is 4.61. The summed E-state index contributed by atoms with van der Waals surface area (Å²) >= 11 is 0. The van der Waals surface area contributed by atoms with Crippen LogP contribution in [0.25, 0.3) is 0 Å². The van der Waals surface area contributed by atoms with E-state index in [9.17, 15) is 4.79 Å². The molecule has 2 heterocycles. The van der Waals surface area contributed by atoms with Gasteiger partial charge >= 0.3 is 0 Å². The first-order valence-corrected chi connectivity index (χ1v) is 10.3. The molecule has 2 aromatic carbocycles. The average molecular weight is 395 g/mol. The van der Waals surface area contributed by atoms with Gasteiger partial charge in [0, 0.05) is 12.1 Å². The second kappa shape index (κ2) is 7.50. The number of benzene rings is 2. The minimum absolute atomic E-state index is 0.0606. The van der Waals surface area contributed by atoms with E-state index in [-0.39, 0.29) is 12.7 Å². The van der Waals surface area contributed by atoms with Crippen LogP contribution in [0.3, 0.4) is 0 Å². The lowest BCUT2D eigenvalue weighted by Gasteiger charge is -2.36. The number of nitrogens with one attached hydrogen (secondary N) is 1. The van der Waals surface area contributed by atoms with Gasteiger partial charge in [-0.2, -0.15) is 0 Å². The summed E-state index contributed by atoms with van der Waals surface area (Å²) in [6.07, 6.45) is 4.92. The van der Waals surface area contributed by atoms with Crippen LogP contribution in [0.2, 0.25) is 0 Å². The zero-order valence-corrected chi connectivity index (χ0v) is 16.4. The van der Waals surface area contributed by atoms with Crippen molar-refractivity contribution in [3.63, 3.8) is 0 Å². The first kappa shape index (κ1) is 18.2. The molecule has 1 amide bonds. The summed E-state index contributed by atoms with van der Waals surface area (Å²) in [5, 5.41) is 3.18. The van der Waals surface area contributed by atoms with Crippen molar-refractivity contribution < 1.29 is 23.7 Å². The molecule has 152 valence electrons. The number of ether oxygens (including phenoxy) is 4. The van der Waals surface area contributed by atoms with Gasteiger partial charge in [0.15, 0.2) is 23.0 Å². The molecular formula is C23H25NO5. The largest absolute Gasteiger partial charge is 0.486 e. The van der Waals surface area contributed by atoms with Crippen LogP contribution < -0.4 is 24.3 Å². The van der Waals surface area contributed by atoms with Crippen LogP contribution >= 0.6 is 0 Å². The molecular weight excluding hydrogens is 370 g/mol. The molecule has 1 N–H and O–H groups in total. The Bertz CT molecular complexity index is 919. The summed E-state index contributed by atoms with van der Waals surface area (Å²) < 4.78 is 22.4. The van der Waals surface area contributed by atoms with E-state index in [4.69, 9.17) is 18.9 Å². The quantitative estimate of drug-likeness (QED) is 0.855. The van der Waals surface area contributed by atoms with Crippen LogP contribution in [0.15, 0.2) is 36.4 Å². The van der Waals surface area contributed by atoms with Crippen molar-refractivity contribution in [3.05, 3.63) is 47.5 Å². The Balaban J connectivity index is 1.40. The molecule has 6 heteroatoms. The molecule has 0 radical (unpaired) electrons. The molecule has 3 aliphatic rings. The predicted molar refractivity (Wildman–Crippen MR) is 107 cm³/mol. The Morgan fingerprint density at radius 2 is 1.72 bits per heavy atom. The highest BCUT2D eigenvalue weighted by atomic mass is 16.7. The highest BCUT2D eigenvalue weighted by Crippen LogP contribution is 2.44. The Morgan fingerprint density at radius 1 is 0.897 bits per heavy atom. The number of para-hydroxylation sites is 1. The summed E-state index contributed by atoms with van der Waals surface area (Å²) in [6.45, 7) is 1.73. The second-order valence-electron chi connectivity index (χ2n) is 7.83. The fraction of sp³-hybridized carbons (Fsp3) is 0.435. The molecule has 0 spiro atoms. The van der Waals surface area contributed by atoms with Crippen LogP contribution in [-0.2, 0) is 16.8 Å². The van der Waals surface area contributed by atoms with Crippen LogP contribution in [0.1, 0.15) is 43.2 Å². The monoisotopic (exact) mass is 395 g/mol.